The molecule has 5 nitrogen and oxygen atoms in total. The number of anilines is 1. The van der Waals surface area contributed by atoms with Gasteiger partial charge in [-0.1, -0.05) is 0 Å². The molecule has 24 heavy (non-hydrogen) atoms. The van der Waals surface area contributed by atoms with Crippen molar-refractivity contribution in [3.63, 3.8) is 0 Å². The van der Waals surface area contributed by atoms with Crippen LogP contribution < -0.4 is 4.90 Å². The monoisotopic (exact) mass is 362 g/mol. The van der Waals surface area contributed by atoms with Gasteiger partial charge in [0.1, 0.15) is 12.1 Å². The molecule has 0 N–H and O–H groups in total. The maximum atomic E-state index is 12.9. The zero-order valence-electron chi connectivity index (χ0n) is 13.9. The summed E-state index contributed by atoms with van der Waals surface area (Å²) >= 11 is 3.65. The molecular formula is C17H22N4OS2. The van der Waals surface area contributed by atoms with Gasteiger partial charge in [-0.25, -0.2) is 9.97 Å². The van der Waals surface area contributed by atoms with Gasteiger partial charge in [-0.15, -0.1) is 11.3 Å². The molecule has 4 heterocycles. The van der Waals surface area contributed by atoms with Crippen LogP contribution >= 0.6 is 23.1 Å². The molecule has 2 aromatic rings. The van der Waals surface area contributed by atoms with Crippen molar-refractivity contribution in [2.24, 2.45) is 5.92 Å². The summed E-state index contributed by atoms with van der Waals surface area (Å²) < 4.78 is 1.15. The molecule has 128 valence electrons. The Hall–Kier alpha value is -1.34. The van der Waals surface area contributed by atoms with Crippen molar-refractivity contribution in [3.8, 4) is 0 Å². The summed E-state index contributed by atoms with van der Waals surface area (Å²) in [6, 6.07) is 0. The van der Waals surface area contributed by atoms with Crippen LogP contribution in [0.2, 0.25) is 0 Å². The second kappa shape index (κ2) is 6.88. The quantitative estimate of drug-likeness (QED) is 0.822. The fraction of sp³-hybridized carbons (Fsp3) is 0.588. The van der Waals surface area contributed by atoms with Crippen molar-refractivity contribution in [3.05, 3.63) is 17.3 Å². The topological polar surface area (TPSA) is 49.3 Å². The maximum Gasteiger partial charge on any atom is 0.227 e. The number of carbonyl (C=O) groups excluding carboxylic acids is 1. The lowest BCUT2D eigenvalue weighted by Gasteiger charge is -2.36. The first-order chi connectivity index (χ1) is 11.7. The highest BCUT2D eigenvalue weighted by Crippen LogP contribution is 2.33. The molecular weight excluding hydrogens is 340 g/mol. The molecule has 0 spiro atoms. The van der Waals surface area contributed by atoms with E-state index in [1.54, 1.807) is 17.7 Å². The number of thioether (sulfide) groups is 1. The Morgan fingerprint density at radius 1 is 1.25 bits per heavy atom. The van der Waals surface area contributed by atoms with Crippen LogP contribution in [0.25, 0.3) is 10.2 Å². The lowest BCUT2D eigenvalue weighted by atomic mass is 9.96. The fourth-order valence-electron chi connectivity index (χ4n) is 3.60. The third-order valence-corrected chi connectivity index (χ3v) is 6.93. The van der Waals surface area contributed by atoms with Crippen molar-refractivity contribution < 1.29 is 4.79 Å². The predicted molar refractivity (Wildman–Crippen MR) is 101 cm³/mol. The average molecular weight is 363 g/mol. The first-order valence-electron chi connectivity index (χ1n) is 8.54. The lowest BCUT2D eigenvalue weighted by molar-refractivity contribution is -0.135. The molecule has 2 aliphatic rings. The van der Waals surface area contributed by atoms with Gasteiger partial charge in [0.2, 0.25) is 5.91 Å². The number of piperidine rings is 1. The minimum Gasteiger partial charge on any atom is -0.355 e. The molecule has 2 aliphatic heterocycles. The van der Waals surface area contributed by atoms with E-state index in [9.17, 15) is 4.79 Å². The van der Waals surface area contributed by atoms with Crippen LogP contribution in [0, 0.1) is 12.8 Å². The van der Waals surface area contributed by atoms with Crippen LogP contribution in [0.4, 0.5) is 5.82 Å². The van der Waals surface area contributed by atoms with Crippen molar-refractivity contribution in [2.75, 3.05) is 42.6 Å². The Balaban J connectivity index is 1.54. The van der Waals surface area contributed by atoms with Gasteiger partial charge in [0, 0.05) is 37.7 Å². The maximum absolute atomic E-state index is 12.9. The fourth-order valence-corrected chi connectivity index (χ4v) is 5.52. The standard InChI is InChI=1S/C17H22N4OS2/c1-12-10-24-15-14(12)18-11-19-16(15)21-4-2-3-13(9-21)17(22)20-5-7-23-8-6-20/h10-11,13H,2-9H2,1H3. The summed E-state index contributed by atoms with van der Waals surface area (Å²) in [5.41, 5.74) is 2.25. The van der Waals surface area contributed by atoms with E-state index in [-0.39, 0.29) is 5.92 Å². The molecule has 0 bridgehead atoms. The van der Waals surface area contributed by atoms with Crippen molar-refractivity contribution in [2.45, 2.75) is 19.8 Å². The van der Waals surface area contributed by atoms with Crippen LogP contribution in [0.1, 0.15) is 18.4 Å². The third-order valence-electron chi connectivity index (χ3n) is 4.91. The predicted octanol–water partition coefficient (Wildman–Crippen LogP) is 2.79. The van der Waals surface area contributed by atoms with Gasteiger partial charge in [-0.05, 0) is 30.7 Å². The Kier molecular flexibility index (Phi) is 4.63. The number of hydrogen-bond donors (Lipinski definition) is 0. The molecule has 0 saturated carbocycles. The number of carbonyl (C=O) groups is 1. The molecule has 2 fully saturated rings. The summed E-state index contributed by atoms with van der Waals surface area (Å²) in [4.78, 5) is 26.2. The zero-order chi connectivity index (χ0) is 16.5. The van der Waals surface area contributed by atoms with E-state index in [1.807, 2.05) is 11.8 Å². The molecule has 0 radical (unpaired) electrons. The van der Waals surface area contributed by atoms with Crippen LogP contribution in [-0.2, 0) is 4.79 Å². The lowest BCUT2D eigenvalue weighted by Crippen LogP contribution is -2.47. The molecule has 0 aromatic carbocycles. The Bertz CT molecular complexity index is 741. The minimum atomic E-state index is 0.105. The minimum absolute atomic E-state index is 0.105. The second-order valence-corrected chi connectivity index (χ2v) is 8.62. The van der Waals surface area contributed by atoms with Crippen molar-refractivity contribution >= 4 is 45.0 Å². The van der Waals surface area contributed by atoms with Crippen LogP contribution in [0.3, 0.4) is 0 Å². The van der Waals surface area contributed by atoms with E-state index in [0.717, 1.165) is 66.6 Å². The van der Waals surface area contributed by atoms with Crippen LogP contribution in [-0.4, -0.2) is 58.5 Å². The summed E-state index contributed by atoms with van der Waals surface area (Å²) in [6.45, 7) is 5.66. The number of fused-ring (bicyclic) bond motifs is 1. The Morgan fingerprint density at radius 2 is 2.08 bits per heavy atom. The molecule has 1 atom stereocenters. The smallest absolute Gasteiger partial charge is 0.227 e. The summed E-state index contributed by atoms with van der Waals surface area (Å²) in [7, 11) is 0. The number of amides is 1. The summed E-state index contributed by atoms with van der Waals surface area (Å²) in [5.74, 6) is 3.59. The van der Waals surface area contributed by atoms with Gasteiger partial charge in [0.15, 0.2) is 0 Å². The number of nitrogens with zero attached hydrogens (tertiary/aromatic N) is 4. The van der Waals surface area contributed by atoms with E-state index in [0.29, 0.717) is 5.91 Å². The first kappa shape index (κ1) is 16.1. The number of aryl methyl sites for hydroxylation is 1. The normalized spacial score (nSPS) is 22.1. The summed E-state index contributed by atoms with van der Waals surface area (Å²) in [6.07, 6.45) is 3.70. The second-order valence-electron chi connectivity index (χ2n) is 6.52. The van der Waals surface area contributed by atoms with Crippen LogP contribution in [0.5, 0.6) is 0 Å². The highest BCUT2D eigenvalue weighted by Gasteiger charge is 2.31. The van der Waals surface area contributed by atoms with Gasteiger partial charge < -0.3 is 9.80 Å². The number of thiophene rings is 1. The molecule has 1 amide bonds. The Labute approximate surface area is 150 Å². The zero-order valence-corrected chi connectivity index (χ0v) is 15.5. The van der Waals surface area contributed by atoms with Gasteiger partial charge in [0.05, 0.1) is 16.1 Å². The third kappa shape index (κ3) is 2.99. The van der Waals surface area contributed by atoms with Gasteiger partial charge in [-0.2, -0.15) is 11.8 Å². The molecule has 1 unspecified atom stereocenters. The van der Waals surface area contributed by atoms with E-state index in [2.05, 4.69) is 32.1 Å². The number of aromatic nitrogens is 2. The highest BCUT2D eigenvalue weighted by molar-refractivity contribution is 7.99. The summed E-state index contributed by atoms with van der Waals surface area (Å²) in [5, 5.41) is 2.14. The number of rotatable bonds is 2. The van der Waals surface area contributed by atoms with Crippen LogP contribution in [0.15, 0.2) is 11.7 Å². The molecule has 2 saturated heterocycles. The molecule has 0 aliphatic carbocycles. The van der Waals surface area contributed by atoms with Gasteiger partial charge >= 0.3 is 0 Å². The van der Waals surface area contributed by atoms with E-state index in [1.165, 1.54) is 5.56 Å². The van der Waals surface area contributed by atoms with Gasteiger partial charge in [-0.3, -0.25) is 4.79 Å². The molecule has 4 rings (SSSR count). The largest absolute Gasteiger partial charge is 0.355 e. The van der Waals surface area contributed by atoms with E-state index in [4.69, 9.17) is 0 Å². The molecule has 7 heteroatoms. The SMILES string of the molecule is Cc1csc2c(N3CCCC(C(=O)N4CCSCC4)C3)ncnc12. The highest BCUT2D eigenvalue weighted by atomic mass is 32.2. The van der Waals surface area contributed by atoms with Crippen molar-refractivity contribution in [1.29, 1.82) is 0 Å². The van der Waals surface area contributed by atoms with Crippen molar-refractivity contribution in [1.82, 2.24) is 14.9 Å². The average Bonchev–Trinajstić information content (AvgIpc) is 3.03. The van der Waals surface area contributed by atoms with Gasteiger partial charge in [0.25, 0.3) is 0 Å². The first-order valence-corrected chi connectivity index (χ1v) is 10.6. The molecule has 2 aromatic heterocycles. The number of hydrogen-bond acceptors (Lipinski definition) is 6. The van der Waals surface area contributed by atoms with E-state index >= 15 is 0 Å². The van der Waals surface area contributed by atoms with E-state index < -0.39 is 0 Å². The Morgan fingerprint density at radius 3 is 2.92 bits per heavy atom.